The molecule has 0 aromatic rings. The molecule has 0 aromatic carbocycles. The van der Waals surface area contributed by atoms with Gasteiger partial charge in [-0.25, -0.2) is 4.79 Å². The number of allylic oxidation sites excluding steroid dienone is 1. The van der Waals surface area contributed by atoms with Gasteiger partial charge < -0.3 is 4.84 Å². The third-order valence-electron chi connectivity index (χ3n) is 2.55. The van der Waals surface area contributed by atoms with Crippen molar-refractivity contribution in [1.82, 2.24) is 5.06 Å². The maximum Gasteiger partial charge on any atom is 0.330 e. The van der Waals surface area contributed by atoms with Crippen LogP contribution in [0.5, 0.6) is 0 Å². The highest BCUT2D eigenvalue weighted by molar-refractivity contribution is 6.18. The molecule has 0 radical (unpaired) electrons. The zero-order valence-corrected chi connectivity index (χ0v) is 11.0. The van der Waals surface area contributed by atoms with E-state index in [9.17, 15) is 4.79 Å². The van der Waals surface area contributed by atoms with Crippen LogP contribution >= 0.6 is 11.6 Å². The van der Waals surface area contributed by atoms with Crippen molar-refractivity contribution in [3.63, 3.8) is 0 Å². The Labute approximate surface area is 102 Å². The van der Waals surface area contributed by atoms with Crippen LogP contribution in [0.4, 0.5) is 0 Å². The van der Waals surface area contributed by atoms with E-state index in [4.69, 9.17) is 16.4 Å². The zero-order valence-electron chi connectivity index (χ0n) is 10.3. The summed E-state index contributed by atoms with van der Waals surface area (Å²) in [6.45, 7) is 7.11. The Morgan fingerprint density at radius 2 is 2.00 bits per heavy atom. The smallest absolute Gasteiger partial charge is 0.330 e. The van der Waals surface area contributed by atoms with Crippen molar-refractivity contribution in [3.8, 4) is 0 Å². The molecule has 0 aromatic heterocycles. The maximum absolute atomic E-state index is 11.6. The van der Waals surface area contributed by atoms with E-state index >= 15 is 0 Å². The Balaban J connectivity index is 2.38. The molecular weight excluding hydrogens is 226 g/mol. The predicted octanol–water partition coefficient (Wildman–Crippen LogP) is 2.75. The monoisotopic (exact) mass is 245 g/mol. The van der Waals surface area contributed by atoms with Crippen LogP contribution in [0.25, 0.3) is 0 Å². The van der Waals surface area contributed by atoms with E-state index in [0.717, 1.165) is 25.9 Å². The van der Waals surface area contributed by atoms with Crippen LogP contribution in [0.3, 0.4) is 0 Å². The third-order valence-corrected chi connectivity index (χ3v) is 2.71. The van der Waals surface area contributed by atoms with Crippen molar-refractivity contribution in [2.75, 3.05) is 19.0 Å². The van der Waals surface area contributed by atoms with Gasteiger partial charge in [0.05, 0.1) is 5.41 Å². The fraction of sp³-hybridized carbons (Fsp3) is 0.750. The summed E-state index contributed by atoms with van der Waals surface area (Å²) in [4.78, 5) is 17.0. The molecule has 1 aliphatic heterocycles. The number of halogens is 1. The third kappa shape index (κ3) is 4.14. The van der Waals surface area contributed by atoms with Crippen molar-refractivity contribution in [3.05, 3.63) is 11.6 Å². The Morgan fingerprint density at radius 3 is 2.44 bits per heavy atom. The van der Waals surface area contributed by atoms with E-state index < -0.39 is 5.41 Å². The van der Waals surface area contributed by atoms with Crippen LogP contribution in [0, 0.1) is 5.41 Å². The lowest BCUT2D eigenvalue weighted by atomic mass is 9.98. The van der Waals surface area contributed by atoms with Gasteiger partial charge in [-0.1, -0.05) is 11.6 Å². The molecule has 1 aliphatic rings. The molecule has 1 fully saturated rings. The van der Waals surface area contributed by atoms with Crippen LogP contribution in [-0.2, 0) is 9.63 Å². The van der Waals surface area contributed by atoms with E-state index in [-0.39, 0.29) is 5.97 Å². The fourth-order valence-corrected chi connectivity index (χ4v) is 1.65. The molecule has 16 heavy (non-hydrogen) atoms. The number of rotatable bonds is 2. The van der Waals surface area contributed by atoms with Crippen molar-refractivity contribution in [2.24, 2.45) is 5.41 Å². The van der Waals surface area contributed by atoms with Crippen LogP contribution in [-0.4, -0.2) is 30.0 Å². The van der Waals surface area contributed by atoms with Crippen LogP contribution in [0.15, 0.2) is 11.6 Å². The fourth-order valence-electron chi connectivity index (χ4n) is 1.43. The second-order valence-electron chi connectivity index (χ2n) is 5.07. The van der Waals surface area contributed by atoms with Gasteiger partial charge in [0.25, 0.3) is 0 Å². The first-order chi connectivity index (χ1) is 7.43. The van der Waals surface area contributed by atoms with Crippen molar-refractivity contribution in [2.45, 2.75) is 33.6 Å². The Hall–Kier alpha value is -0.540. The molecule has 0 bridgehead atoms. The van der Waals surface area contributed by atoms with Crippen molar-refractivity contribution < 1.29 is 9.63 Å². The van der Waals surface area contributed by atoms with E-state index in [0.29, 0.717) is 5.88 Å². The minimum absolute atomic E-state index is 0.169. The van der Waals surface area contributed by atoms with Crippen molar-refractivity contribution >= 4 is 17.6 Å². The van der Waals surface area contributed by atoms with Gasteiger partial charge in [-0.3, -0.25) is 0 Å². The summed E-state index contributed by atoms with van der Waals surface area (Å²) in [5.74, 6) is 0.397. The van der Waals surface area contributed by atoms with Gasteiger partial charge in [-0.05, 0) is 33.6 Å². The van der Waals surface area contributed by atoms with Crippen LogP contribution < -0.4 is 0 Å². The first-order valence-corrected chi connectivity index (χ1v) is 6.18. The van der Waals surface area contributed by atoms with Crippen LogP contribution in [0.1, 0.15) is 33.6 Å². The first-order valence-electron chi connectivity index (χ1n) is 5.64. The number of alkyl halides is 1. The summed E-state index contributed by atoms with van der Waals surface area (Å²) in [5, 5.41) is 1.75. The lowest BCUT2D eigenvalue weighted by molar-refractivity contribution is -0.202. The van der Waals surface area contributed by atoms with Gasteiger partial charge >= 0.3 is 5.97 Å². The molecule has 1 saturated heterocycles. The number of hydrogen-bond acceptors (Lipinski definition) is 3. The lowest BCUT2D eigenvalue weighted by Gasteiger charge is -2.29. The van der Waals surface area contributed by atoms with Gasteiger partial charge in [0.15, 0.2) is 0 Å². The largest absolute Gasteiger partial charge is 0.367 e. The normalized spacial score (nSPS) is 18.4. The van der Waals surface area contributed by atoms with E-state index in [2.05, 4.69) is 0 Å². The zero-order chi connectivity index (χ0) is 12.2. The number of piperidine rings is 1. The van der Waals surface area contributed by atoms with Gasteiger partial charge in [0, 0.05) is 19.0 Å². The number of hydrogen-bond donors (Lipinski definition) is 0. The summed E-state index contributed by atoms with van der Waals surface area (Å²) >= 11 is 5.64. The average molecular weight is 246 g/mol. The summed E-state index contributed by atoms with van der Waals surface area (Å²) in [6, 6.07) is 0. The molecule has 1 heterocycles. The van der Waals surface area contributed by atoms with Gasteiger partial charge in [0.1, 0.15) is 0 Å². The quantitative estimate of drug-likeness (QED) is 0.554. The molecule has 0 saturated carbocycles. The number of hydroxylamine groups is 2. The van der Waals surface area contributed by atoms with Gasteiger partial charge in [0.2, 0.25) is 0 Å². The molecule has 1 rings (SSSR count). The number of nitrogens with zero attached hydrogens (tertiary/aromatic N) is 1. The lowest BCUT2D eigenvalue weighted by Crippen LogP contribution is -2.37. The SMILES string of the molecule is CC(C)(C)C(=O)ON1CCC(=CCCl)CC1. The molecule has 0 atom stereocenters. The van der Waals surface area contributed by atoms with Gasteiger partial charge in [-0.15, -0.1) is 16.7 Å². The summed E-state index contributed by atoms with van der Waals surface area (Å²) in [7, 11) is 0. The highest BCUT2D eigenvalue weighted by Gasteiger charge is 2.27. The minimum Gasteiger partial charge on any atom is -0.367 e. The van der Waals surface area contributed by atoms with E-state index in [1.165, 1.54) is 5.57 Å². The Morgan fingerprint density at radius 1 is 1.44 bits per heavy atom. The number of carbonyl (C=O) groups excluding carboxylic acids is 1. The molecule has 0 unspecified atom stereocenters. The highest BCUT2D eigenvalue weighted by Crippen LogP contribution is 2.20. The molecule has 92 valence electrons. The molecule has 3 nitrogen and oxygen atoms in total. The van der Waals surface area contributed by atoms with Crippen LogP contribution in [0.2, 0.25) is 0 Å². The second kappa shape index (κ2) is 5.69. The van der Waals surface area contributed by atoms with Crippen molar-refractivity contribution in [1.29, 1.82) is 0 Å². The standard InChI is InChI=1S/C12H20ClNO2/c1-12(2,3)11(15)16-14-8-5-10(4-7-13)6-9-14/h4H,5-9H2,1-3H3. The minimum atomic E-state index is -0.438. The predicted molar refractivity (Wildman–Crippen MR) is 65.2 cm³/mol. The molecule has 0 N–H and O–H groups in total. The molecule has 0 amide bonds. The number of carbonyl (C=O) groups is 1. The topological polar surface area (TPSA) is 29.5 Å². The molecule has 4 heteroatoms. The first kappa shape index (κ1) is 13.5. The molecule has 0 aliphatic carbocycles. The second-order valence-corrected chi connectivity index (χ2v) is 5.38. The van der Waals surface area contributed by atoms with Gasteiger partial charge in [-0.2, -0.15) is 0 Å². The maximum atomic E-state index is 11.6. The van der Waals surface area contributed by atoms with E-state index in [1.54, 1.807) is 5.06 Å². The Kier molecular flexibility index (Phi) is 4.81. The average Bonchev–Trinajstić information content (AvgIpc) is 2.20. The molecular formula is C12H20ClNO2. The summed E-state index contributed by atoms with van der Waals surface area (Å²) in [6.07, 6.45) is 3.92. The summed E-state index contributed by atoms with van der Waals surface area (Å²) in [5.41, 5.74) is 0.921. The Bertz CT molecular complexity index is 271. The highest BCUT2D eigenvalue weighted by atomic mass is 35.5. The molecule has 0 spiro atoms. The summed E-state index contributed by atoms with van der Waals surface area (Å²) < 4.78 is 0. The van der Waals surface area contributed by atoms with E-state index in [1.807, 2.05) is 26.8 Å².